The van der Waals surface area contributed by atoms with Gasteiger partial charge < -0.3 is 25.2 Å². The first kappa shape index (κ1) is 19.7. The fraction of sp³-hybridized carbons (Fsp3) is 0.875. The van der Waals surface area contributed by atoms with Crippen molar-refractivity contribution in [2.24, 2.45) is 10.4 Å². The molecular weight excluding hydrogens is 298 g/mol. The summed E-state index contributed by atoms with van der Waals surface area (Å²) in [6.07, 6.45) is 3.78. The molecular formula is C16H31N3O4. The summed E-state index contributed by atoms with van der Waals surface area (Å²) >= 11 is 0. The number of nitrogens with one attached hydrogen (secondary N) is 2. The number of aliphatic imine (C=N–C) groups is 1. The number of rotatable bonds is 10. The number of guanidine groups is 1. The molecule has 0 radical (unpaired) electrons. The molecule has 0 bridgehead atoms. The molecule has 0 amide bonds. The van der Waals surface area contributed by atoms with Crippen LogP contribution in [0.25, 0.3) is 0 Å². The van der Waals surface area contributed by atoms with Gasteiger partial charge in [-0.15, -0.1) is 0 Å². The van der Waals surface area contributed by atoms with Crippen LogP contribution < -0.4 is 10.6 Å². The van der Waals surface area contributed by atoms with Crippen molar-refractivity contribution in [1.82, 2.24) is 10.6 Å². The molecule has 1 rings (SSSR count). The van der Waals surface area contributed by atoms with Gasteiger partial charge in [0, 0.05) is 38.1 Å². The van der Waals surface area contributed by atoms with Gasteiger partial charge in [0.2, 0.25) is 0 Å². The highest BCUT2D eigenvalue weighted by molar-refractivity contribution is 5.79. The molecule has 0 saturated carbocycles. The van der Waals surface area contributed by atoms with E-state index in [-0.39, 0.29) is 18.0 Å². The fourth-order valence-corrected chi connectivity index (χ4v) is 2.58. The second-order valence-electron chi connectivity index (χ2n) is 5.93. The van der Waals surface area contributed by atoms with E-state index in [1.807, 2.05) is 6.92 Å². The van der Waals surface area contributed by atoms with Crippen LogP contribution in [0.1, 0.15) is 39.0 Å². The van der Waals surface area contributed by atoms with Crippen LogP contribution in [-0.2, 0) is 14.3 Å². The molecule has 1 aliphatic rings. The van der Waals surface area contributed by atoms with E-state index in [0.717, 1.165) is 51.3 Å². The van der Waals surface area contributed by atoms with E-state index in [1.54, 1.807) is 0 Å². The number of unbranched alkanes of at least 4 members (excludes halogenated alkanes) is 1. The lowest BCUT2D eigenvalue weighted by molar-refractivity contribution is -0.140. The first-order chi connectivity index (χ1) is 11.2. The summed E-state index contributed by atoms with van der Waals surface area (Å²) in [5.41, 5.74) is -0.0397. The number of aliphatic hydroxyl groups is 1. The van der Waals surface area contributed by atoms with E-state index < -0.39 is 0 Å². The van der Waals surface area contributed by atoms with Crippen molar-refractivity contribution in [3.63, 3.8) is 0 Å². The number of hydrogen-bond acceptors (Lipinski definition) is 5. The summed E-state index contributed by atoms with van der Waals surface area (Å²) in [5, 5.41) is 15.8. The Morgan fingerprint density at radius 3 is 2.83 bits per heavy atom. The van der Waals surface area contributed by atoms with Crippen LogP contribution in [0.4, 0.5) is 0 Å². The minimum atomic E-state index is -0.169. The molecule has 0 aromatic heterocycles. The fourth-order valence-electron chi connectivity index (χ4n) is 2.58. The molecule has 134 valence electrons. The molecule has 1 aliphatic heterocycles. The molecule has 7 nitrogen and oxygen atoms in total. The Morgan fingerprint density at radius 1 is 1.39 bits per heavy atom. The van der Waals surface area contributed by atoms with Gasteiger partial charge in [0.05, 0.1) is 20.3 Å². The SMILES string of the molecule is CCNC(=NCC1(CCO)CCOC1)NCCCCC(=O)OC. The molecule has 0 spiro atoms. The zero-order chi connectivity index (χ0) is 17.0. The molecule has 1 saturated heterocycles. The highest BCUT2D eigenvalue weighted by atomic mass is 16.5. The maximum absolute atomic E-state index is 11.0. The number of nitrogens with zero attached hydrogens (tertiary/aromatic N) is 1. The molecule has 0 aromatic rings. The van der Waals surface area contributed by atoms with Gasteiger partial charge in [0.15, 0.2) is 5.96 Å². The molecule has 0 aliphatic carbocycles. The van der Waals surface area contributed by atoms with Gasteiger partial charge in [0.25, 0.3) is 0 Å². The first-order valence-corrected chi connectivity index (χ1v) is 8.43. The molecule has 7 heteroatoms. The molecule has 1 fully saturated rings. The average molecular weight is 329 g/mol. The van der Waals surface area contributed by atoms with E-state index in [2.05, 4.69) is 20.4 Å². The largest absolute Gasteiger partial charge is 0.469 e. The van der Waals surface area contributed by atoms with Gasteiger partial charge in [-0.25, -0.2) is 0 Å². The normalized spacial score (nSPS) is 21.3. The molecule has 1 heterocycles. The maximum atomic E-state index is 11.0. The Labute approximate surface area is 138 Å². The summed E-state index contributed by atoms with van der Waals surface area (Å²) < 4.78 is 10.1. The van der Waals surface area contributed by atoms with Crippen molar-refractivity contribution < 1.29 is 19.4 Å². The number of methoxy groups -OCH3 is 1. The Balaban J connectivity index is 2.38. The number of ether oxygens (including phenoxy) is 2. The standard InChI is InChI=1S/C16H31N3O4/c1-3-17-15(18-9-5-4-6-14(21)22-2)19-12-16(7-10-20)8-11-23-13-16/h20H,3-13H2,1-2H3,(H2,17,18,19). The predicted octanol–water partition coefficient (Wildman–Crippen LogP) is 0.674. The van der Waals surface area contributed by atoms with Gasteiger partial charge >= 0.3 is 5.97 Å². The van der Waals surface area contributed by atoms with Crippen molar-refractivity contribution in [1.29, 1.82) is 0 Å². The highest BCUT2D eigenvalue weighted by Crippen LogP contribution is 2.32. The minimum Gasteiger partial charge on any atom is -0.469 e. The van der Waals surface area contributed by atoms with Crippen molar-refractivity contribution in [2.75, 3.05) is 46.6 Å². The summed E-state index contributed by atoms with van der Waals surface area (Å²) in [7, 11) is 1.41. The van der Waals surface area contributed by atoms with Gasteiger partial charge in [-0.05, 0) is 32.6 Å². The molecule has 23 heavy (non-hydrogen) atoms. The lowest BCUT2D eigenvalue weighted by Gasteiger charge is -2.24. The zero-order valence-electron chi connectivity index (χ0n) is 14.4. The van der Waals surface area contributed by atoms with Gasteiger partial charge in [-0.3, -0.25) is 9.79 Å². The lowest BCUT2D eigenvalue weighted by atomic mass is 9.84. The number of carbonyl (C=O) groups is 1. The second kappa shape index (κ2) is 11.2. The summed E-state index contributed by atoms with van der Waals surface area (Å²) in [5.74, 6) is 0.604. The third-order valence-corrected chi connectivity index (χ3v) is 4.07. The van der Waals surface area contributed by atoms with E-state index >= 15 is 0 Å². The minimum absolute atomic E-state index is 0.0397. The second-order valence-corrected chi connectivity index (χ2v) is 5.93. The van der Waals surface area contributed by atoms with Crippen LogP contribution in [0.3, 0.4) is 0 Å². The Morgan fingerprint density at radius 2 is 2.22 bits per heavy atom. The van der Waals surface area contributed by atoms with Crippen LogP contribution in [-0.4, -0.2) is 63.6 Å². The van der Waals surface area contributed by atoms with Crippen molar-refractivity contribution in [3.8, 4) is 0 Å². The smallest absolute Gasteiger partial charge is 0.305 e. The third kappa shape index (κ3) is 7.65. The van der Waals surface area contributed by atoms with Crippen LogP contribution in [0.5, 0.6) is 0 Å². The molecule has 1 atom stereocenters. The Bertz CT molecular complexity index is 368. The molecule has 3 N–H and O–H groups in total. The number of carbonyl (C=O) groups excluding carboxylic acids is 1. The summed E-state index contributed by atoms with van der Waals surface area (Å²) in [4.78, 5) is 15.7. The summed E-state index contributed by atoms with van der Waals surface area (Å²) in [6.45, 7) is 5.78. The number of esters is 1. The Hall–Kier alpha value is -1.34. The van der Waals surface area contributed by atoms with Crippen molar-refractivity contribution in [3.05, 3.63) is 0 Å². The van der Waals surface area contributed by atoms with E-state index in [0.29, 0.717) is 19.6 Å². The monoisotopic (exact) mass is 329 g/mol. The molecule has 1 unspecified atom stereocenters. The topological polar surface area (TPSA) is 92.2 Å². The predicted molar refractivity (Wildman–Crippen MR) is 89.4 cm³/mol. The average Bonchev–Trinajstić information content (AvgIpc) is 3.01. The van der Waals surface area contributed by atoms with Crippen molar-refractivity contribution >= 4 is 11.9 Å². The van der Waals surface area contributed by atoms with Gasteiger partial charge in [-0.1, -0.05) is 0 Å². The van der Waals surface area contributed by atoms with E-state index in [9.17, 15) is 9.90 Å². The van der Waals surface area contributed by atoms with Gasteiger partial charge in [-0.2, -0.15) is 0 Å². The van der Waals surface area contributed by atoms with Gasteiger partial charge in [0.1, 0.15) is 0 Å². The van der Waals surface area contributed by atoms with E-state index in [1.165, 1.54) is 7.11 Å². The first-order valence-electron chi connectivity index (χ1n) is 8.43. The van der Waals surface area contributed by atoms with Crippen LogP contribution >= 0.6 is 0 Å². The highest BCUT2D eigenvalue weighted by Gasteiger charge is 2.34. The lowest BCUT2D eigenvalue weighted by Crippen LogP contribution is -2.39. The third-order valence-electron chi connectivity index (χ3n) is 4.07. The number of hydrogen-bond donors (Lipinski definition) is 3. The molecule has 0 aromatic carbocycles. The van der Waals surface area contributed by atoms with Crippen LogP contribution in [0, 0.1) is 5.41 Å². The van der Waals surface area contributed by atoms with Crippen LogP contribution in [0.15, 0.2) is 4.99 Å². The Kier molecular flexibility index (Phi) is 9.63. The zero-order valence-corrected chi connectivity index (χ0v) is 14.4. The quantitative estimate of drug-likeness (QED) is 0.236. The van der Waals surface area contributed by atoms with Crippen molar-refractivity contribution in [2.45, 2.75) is 39.0 Å². The van der Waals surface area contributed by atoms with E-state index in [4.69, 9.17) is 4.74 Å². The number of aliphatic hydroxyl groups excluding tert-OH is 1. The van der Waals surface area contributed by atoms with Crippen LogP contribution in [0.2, 0.25) is 0 Å². The maximum Gasteiger partial charge on any atom is 0.305 e. The summed E-state index contributed by atoms with van der Waals surface area (Å²) in [6, 6.07) is 0.